The number of nitrogens with one attached hydrogen (secondary N) is 1. The fourth-order valence-corrected chi connectivity index (χ4v) is 4.94. The van der Waals surface area contributed by atoms with Gasteiger partial charge < -0.3 is 10.1 Å². The van der Waals surface area contributed by atoms with Gasteiger partial charge in [0.25, 0.3) is 0 Å². The molecule has 0 amide bonds. The number of thiophene rings is 1. The summed E-state index contributed by atoms with van der Waals surface area (Å²) >= 11 is 14.5. The fourth-order valence-electron chi connectivity index (χ4n) is 3.10. The number of rotatable bonds is 4. The SMILES string of the molecule is Clc1cc(NCc2ccccc2)c2sc([C@H]3CCCCO3)c(Cl)c2n1. The number of fused-ring (bicyclic) bond motifs is 1. The molecule has 1 aromatic carbocycles. The van der Waals surface area contributed by atoms with Crippen molar-refractivity contribution in [3.63, 3.8) is 0 Å². The Kier molecular flexibility index (Phi) is 5.13. The lowest BCUT2D eigenvalue weighted by Gasteiger charge is -2.21. The van der Waals surface area contributed by atoms with Crippen molar-refractivity contribution in [1.29, 1.82) is 0 Å². The smallest absolute Gasteiger partial charge is 0.131 e. The van der Waals surface area contributed by atoms with Gasteiger partial charge in [-0.15, -0.1) is 11.3 Å². The number of halogens is 2. The second-order valence-corrected chi connectivity index (χ2v) is 7.96. The van der Waals surface area contributed by atoms with Crippen molar-refractivity contribution in [1.82, 2.24) is 4.98 Å². The third-order valence-corrected chi connectivity index (χ3v) is 6.37. The quantitative estimate of drug-likeness (QED) is 0.517. The van der Waals surface area contributed by atoms with E-state index >= 15 is 0 Å². The number of ether oxygens (including phenoxy) is 1. The first kappa shape index (κ1) is 17.1. The summed E-state index contributed by atoms with van der Waals surface area (Å²) in [4.78, 5) is 5.52. The maximum Gasteiger partial charge on any atom is 0.131 e. The van der Waals surface area contributed by atoms with Gasteiger partial charge in [-0.1, -0.05) is 53.5 Å². The summed E-state index contributed by atoms with van der Waals surface area (Å²) < 4.78 is 6.96. The Balaban J connectivity index is 1.68. The van der Waals surface area contributed by atoms with Gasteiger partial charge in [0.1, 0.15) is 10.7 Å². The van der Waals surface area contributed by atoms with E-state index in [-0.39, 0.29) is 6.10 Å². The van der Waals surface area contributed by atoms with Crippen LogP contribution in [-0.4, -0.2) is 11.6 Å². The van der Waals surface area contributed by atoms with Crippen LogP contribution in [0.15, 0.2) is 36.4 Å². The highest BCUT2D eigenvalue weighted by molar-refractivity contribution is 7.20. The summed E-state index contributed by atoms with van der Waals surface area (Å²) in [6.45, 7) is 1.52. The normalized spacial score (nSPS) is 17.8. The molecule has 0 bridgehead atoms. The van der Waals surface area contributed by atoms with E-state index < -0.39 is 0 Å². The molecule has 1 atom stereocenters. The molecule has 0 spiro atoms. The molecule has 1 aliphatic rings. The third kappa shape index (κ3) is 3.63. The molecule has 0 saturated carbocycles. The van der Waals surface area contributed by atoms with Gasteiger partial charge in [-0.3, -0.25) is 0 Å². The zero-order chi connectivity index (χ0) is 17.2. The van der Waals surface area contributed by atoms with Crippen molar-refractivity contribution in [2.45, 2.75) is 31.9 Å². The van der Waals surface area contributed by atoms with Crippen LogP contribution in [0.2, 0.25) is 10.2 Å². The molecule has 2 aromatic heterocycles. The summed E-state index contributed by atoms with van der Waals surface area (Å²) in [7, 11) is 0. The minimum atomic E-state index is 0.0706. The molecule has 4 rings (SSSR count). The summed E-state index contributed by atoms with van der Waals surface area (Å²) in [6.07, 6.45) is 3.36. The number of hydrogen-bond acceptors (Lipinski definition) is 4. The molecule has 3 heterocycles. The van der Waals surface area contributed by atoms with Crippen molar-refractivity contribution in [3.8, 4) is 0 Å². The van der Waals surface area contributed by atoms with Crippen molar-refractivity contribution < 1.29 is 4.74 Å². The Labute approximate surface area is 160 Å². The molecule has 130 valence electrons. The number of hydrogen-bond donors (Lipinski definition) is 1. The molecule has 0 unspecified atom stereocenters. The van der Waals surface area contributed by atoms with Crippen molar-refractivity contribution in [3.05, 3.63) is 57.0 Å². The van der Waals surface area contributed by atoms with Crippen molar-refractivity contribution in [2.24, 2.45) is 0 Å². The Bertz CT molecular complexity index is 876. The second-order valence-electron chi connectivity index (χ2n) is 6.14. The standard InChI is InChI=1S/C19H18Cl2N2OS/c20-15-10-13(22-11-12-6-2-1-3-7-12)18-17(23-15)16(21)19(25-18)14-8-4-5-9-24-14/h1-3,6-7,10,14H,4-5,8-9,11H2,(H,22,23)/t14-/m1/s1. The van der Waals surface area contributed by atoms with Crippen molar-refractivity contribution >= 4 is 50.4 Å². The molecule has 3 aromatic rings. The van der Waals surface area contributed by atoms with Gasteiger partial charge in [-0.05, 0) is 24.8 Å². The summed E-state index contributed by atoms with van der Waals surface area (Å²) in [6, 6.07) is 12.1. The van der Waals surface area contributed by atoms with Gasteiger partial charge in [0.05, 0.1) is 26.4 Å². The lowest BCUT2D eigenvalue weighted by atomic mass is 10.1. The molecule has 6 heteroatoms. The van der Waals surface area contributed by atoms with E-state index in [1.807, 2.05) is 24.3 Å². The minimum absolute atomic E-state index is 0.0706. The number of aromatic nitrogens is 1. The van der Waals surface area contributed by atoms with Crippen LogP contribution < -0.4 is 5.32 Å². The molecular formula is C19H18Cl2N2OS. The predicted octanol–water partition coefficient (Wildman–Crippen LogP) is 6.46. The number of nitrogens with zero attached hydrogens (tertiary/aromatic N) is 1. The summed E-state index contributed by atoms with van der Waals surface area (Å²) in [5.74, 6) is 0. The van der Waals surface area contributed by atoms with E-state index in [9.17, 15) is 0 Å². The van der Waals surface area contributed by atoms with Crippen LogP contribution in [0.4, 0.5) is 5.69 Å². The number of anilines is 1. The van der Waals surface area contributed by atoms with Gasteiger partial charge in [0.15, 0.2) is 0 Å². The van der Waals surface area contributed by atoms with E-state index in [2.05, 4.69) is 22.4 Å². The zero-order valence-corrected chi connectivity index (χ0v) is 15.9. The number of benzene rings is 1. The molecule has 3 nitrogen and oxygen atoms in total. The van der Waals surface area contributed by atoms with E-state index in [4.69, 9.17) is 27.9 Å². The lowest BCUT2D eigenvalue weighted by Crippen LogP contribution is -2.10. The largest absolute Gasteiger partial charge is 0.380 e. The Morgan fingerprint density at radius 3 is 2.80 bits per heavy atom. The Morgan fingerprint density at radius 1 is 1.20 bits per heavy atom. The molecule has 1 N–H and O–H groups in total. The first-order valence-corrected chi connectivity index (χ1v) is 9.97. The zero-order valence-electron chi connectivity index (χ0n) is 13.6. The number of pyridine rings is 1. The lowest BCUT2D eigenvalue weighted by molar-refractivity contribution is 0.0173. The molecule has 25 heavy (non-hydrogen) atoms. The third-order valence-electron chi connectivity index (χ3n) is 4.38. The minimum Gasteiger partial charge on any atom is -0.380 e. The Hall–Kier alpha value is -1.33. The fraction of sp³-hybridized carbons (Fsp3) is 0.316. The van der Waals surface area contributed by atoms with Gasteiger partial charge >= 0.3 is 0 Å². The second kappa shape index (κ2) is 7.50. The summed E-state index contributed by atoms with van der Waals surface area (Å²) in [5.41, 5.74) is 2.94. The van der Waals surface area contributed by atoms with E-state index in [1.54, 1.807) is 11.3 Å². The van der Waals surface area contributed by atoms with Crippen LogP contribution in [0.25, 0.3) is 10.2 Å². The highest BCUT2D eigenvalue weighted by atomic mass is 35.5. The van der Waals surface area contributed by atoms with Crippen LogP contribution in [0.1, 0.15) is 35.8 Å². The van der Waals surface area contributed by atoms with E-state index in [1.165, 1.54) is 12.0 Å². The van der Waals surface area contributed by atoms with E-state index in [0.29, 0.717) is 10.2 Å². The van der Waals surface area contributed by atoms with Crippen LogP contribution in [-0.2, 0) is 11.3 Å². The van der Waals surface area contributed by atoms with Gasteiger partial charge in [0, 0.05) is 19.2 Å². The molecule has 0 radical (unpaired) electrons. The predicted molar refractivity (Wildman–Crippen MR) is 106 cm³/mol. The van der Waals surface area contributed by atoms with Crippen LogP contribution >= 0.6 is 34.5 Å². The van der Waals surface area contributed by atoms with Gasteiger partial charge in [-0.2, -0.15) is 0 Å². The van der Waals surface area contributed by atoms with Crippen LogP contribution in [0.5, 0.6) is 0 Å². The van der Waals surface area contributed by atoms with E-state index in [0.717, 1.165) is 46.8 Å². The monoisotopic (exact) mass is 392 g/mol. The highest BCUT2D eigenvalue weighted by Gasteiger charge is 2.24. The molecule has 1 saturated heterocycles. The first-order chi connectivity index (χ1) is 12.2. The average molecular weight is 393 g/mol. The summed E-state index contributed by atoms with van der Waals surface area (Å²) in [5, 5.41) is 4.60. The average Bonchev–Trinajstić information content (AvgIpc) is 2.98. The topological polar surface area (TPSA) is 34.1 Å². The molecule has 1 fully saturated rings. The molecule has 0 aliphatic carbocycles. The maximum atomic E-state index is 6.63. The van der Waals surface area contributed by atoms with Crippen LogP contribution in [0.3, 0.4) is 0 Å². The highest BCUT2D eigenvalue weighted by Crippen LogP contribution is 2.45. The van der Waals surface area contributed by atoms with Gasteiger partial charge in [-0.25, -0.2) is 4.98 Å². The molecule has 1 aliphatic heterocycles. The first-order valence-electron chi connectivity index (χ1n) is 8.40. The molecular weight excluding hydrogens is 375 g/mol. The maximum absolute atomic E-state index is 6.63. The van der Waals surface area contributed by atoms with Crippen LogP contribution in [0, 0.1) is 0 Å². The van der Waals surface area contributed by atoms with Crippen molar-refractivity contribution in [2.75, 3.05) is 11.9 Å². The van der Waals surface area contributed by atoms with Gasteiger partial charge in [0.2, 0.25) is 0 Å². The Morgan fingerprint density at radius 2 is 2.04 bits per heavy atom.